The summed E-state index contributed by atoms with van der Waals surface area (Å²) in [5, 5.41) is 18.1. The topological polar surface area (TPSA) is 64.3 Å². The van der Waals surface area contributed by atoms with Gasteiger partial charge in [-0.25, -0.2) is 4.79 Å². The van der Waals surface area contributed by atoms with Crippen LogP contribution in [0.4, 0.5) is 5.69 Å². The van der Waals surface area contributed by atoms with Crippen molar-refractivity contribution in [3.05, 3.63) is 29.3 Å². The Morgan fingerprint density at radius 1 is 1.44 bits per heavy atom. The van der Waals surface area contributed by atoms with Gasteiger partial charge in [-0.05, 0) is 43.4 Å². The number of fused-ring (bicyclic) bond motifs is 2. The van der Waals surface area contributed by atoms with Crippen LogP contribution >= 0.6 is 0 Å². The number of hydrogen-bond acceptors (Lipinski definition) is 3. The van der Waals surface area contributed by atoms with Crippen molar-refractivity contribution in [3.8, 4) is 6.07 Å². The number of carboxylic acid groups (broad SMARTS) is 1. The lowest BCUT2D eigenvalue weighted by atomic mass is 10.1. The Kier molecular flexibility index (Phi) is 2.48. The van der Waals surface area contributed by atoms with Gasteiger partial charge in [0.2, 0.25) is 0 Å². The van der Waals surface area contributed by atoms with Crippen LogP contribution in [0.1, 0.15) is 35.2 Å². The quantitative estimate of drug-likeness (QED) is 0.863. The average Bonchev–Trinajstić information content (AvgIpc) is 3.00. The van der Waals surface area contributed by atoms with E-state index < -0.39 is 5.97 Å². The average molecular weight is 242 g/mol. The summed E-state index contributed by atoms with van der Waals surface area (Å²) in [6, 6.07) is 7.51. The van der Waals surface area contributed by atoms with Gasteiger partial charge in [-0.1, -0.05) is 0 Å². The molecule has 1 aliphatic heterocycles. The Labute approximate surface area is 105 Å². The molecule has 3 rings (SSSR count). The lowest BCUT2D eigenvalue weighted by Gasteiger charge is -2.30. The highest BCUT2D eigenvalue weighted by molar-refractivity contribution is 5.89. The number of piperidine rings is 1. The van der Waals surface area contributed by atoms with Crippen LogP contribution in [-0.2, 0) is 0 Å². The van der Waals surface area contributed by atoms with Gasteiger partial charge in [0.15, 0.2) is 0 Å². The minimum absolute atomic E-state index is 0.180. The minimum Gasteiger partial charge on any atom is -0.478 e. The third-order valence-electron chi connectivity index (χ3n) is 4.08. The van der Waals surface area contributed by atoms with Crippen LogP contribution in [-0.4, -0.2) is 23.7 Å². The summed E-state index contributed by atoms with van der Waals surface area (Å²) in [6.45, 7) is 1.01. The predicted octanol–water partition coefficient (Wildman–Crippen LogP) is 2.25. The molecule has 1 saturated carbocycles. The third-order valence-corrected chi connectivity index (χ3v) is 4.08. The summed E-state index contributed by atoms with van der Waals surface area (Å²) >= 11 is 0. The monoisotopic (exact) mass is 242 g/mol. The second-order valence-electron chi connectivity index (χ2n) is 5.13. The van der Waals surface area contributed by atoms with Crippen molar-refractivity contribution in [1.82, 2.24) is 0 Å². The van der Waals surface area contributed by atoms with E-state index in [1.54, 1.807) is 12.1 Å². The summed E-state index contributed by atoms with van der Waals surface area (Å²) in [4.78, 5) is 13.2. The fraction of sp³-hybridized carbons (Fsp3) is 0.429. The van der Waals surface area contributed by atoms with Crippen LogP contribution < -0.4 is 4.90 Å². The molecule has 2 atom stereocenters. The van der Waals surface area contributed by atoms with Gasteiger partial charge in [-0.3, -0.25) is 0 Å². The Bertz CT molecular complexity index is 547. The predicted molar refractivity (Wildman–Crippen MR) is 66.6 cm³/mol. The molecule has 1 N–H and O–H groups in total. The highest BCUT2D eigenvalue weighted by atomic mass is 16.4. The van der Waals surface area contributed by atoms with E-state index in [0.29, 0.717) is 11.6 Å². The number of nitrogens with zero attached hydrogens (tertiary/aromatic N) is 2. The van der Waals surface area contributed by atoms with Crippen LogP contribution in [0.25, 0.3) is 0 Å². The Morgan fingerprint density at radius 3 is 2.83 bits per heavy atom. The molecule has 92 valence electrons. The zero-order chi connectivity index (χ0) is 12.7. The zero-order valence-corrected chi connectivity index (χ0v) is 9.97. The van der Waals surface area contributed by atoms with Gasteiger partial charge in [-0.2, -0.15) is 5.26 Å². The summed E-state index contributed by atoms with van der Waals surface area (Å²) in [5.41, 5.74) is 1.55. The highest BCUT2D eigenvalue weighted by Gasteiger charge is 2.38. The number of carboxylic acids is 1. The number of aromatic carboxylic acids is 1. The molecule has 0 amide bonds. The van der Waals surface area contributed by atoms with Gasteiger partial charge >= 0.3 is 5.97 Å². The van der Waals surface area contributed by atoms with Crippen LogP contribution in [0.5, 0.6) is 0 Å². The molecule has 1 aromatic rings. The number of benzene rings is 1. The number of anilines is 1. The molecule has 0 spiro atoms. The third kappa shape index (κ3) is 1.63. The summed E-state index contributed by atoms with van der Waals surface area (Å²) < 4.78 is 0. The summed E-state index contributed by atoms with van der Waals surface area (Å²) in [5.74, 6) is -0.235. The van der Waals surface area contributed by atoms with E-state index in [2.05, 4.69) is 11.0 Å². The maximum absolute atomic E-state index is 10.9. The fourth-order valence-corrected chi connectivity index (χ4v) is 3.23. The molecule has 1 aromatic carbocycles. The van der Waals surface area contributed by atoms with Gasteiger partial charge in [-0.15, -0.1) is 0 Å². The van der Waals surface area contributed by atoms with Gasteiger partial charge < -0.3 is 10.0 Å². The molecule has 1 saturated heterocycles. The smallest absolute Gasteiger partial charge is 0.335 e. The van der Waals surface area contributed by atoms with Crippen molar-refractivity contribution < 1.29 is 9.90 Å². The first-order valence-electron chi connectivity index (χ1n) is 6.23. The first kappa shape index (κ1) is 11.1. The molecular weight excluding hydrogens is 228 g/mol. The van der Waals surface area contributed by atoms with E-state index in [4.69, 9.17) is 5.11 Å². The lowest BCUT2D eigenvalue weighted by Crippen LogP contribution is -2.32. The second kappa shape index (κ2) is 4.02. The van der Waals surface area contributed by atoms with Gasteiger partial charge in [0.25, 0.3) is 0 Å². The van der Waals surface area contributed by atoms with E-state index in [1.807, 2.05) is 0 Å². The van der Waals surface area contributed by atoms with Crippen molar-refractivity contribution in [1.29, 1.82) is 5.26 Å². The van der Waals surface area contributed by atoms with Crippen molar-refractivity contribution >= 4 is 11.7 Å². The Morgan fingerprint density at radius 2 is 2.28 bits per heavy atom. The van der Waals surface area contributed by atoms with Crippen molar-refractivity contribution in [2.45, 2.75) is 25.3 Å². The van der Waals surface area contributed by atoms with E-state index in [9.17, 15) is 10.1 Å². The first-order chi connectivity index (χ1) is 8.69. The molecule has 18 heavy (non-hydrogen) atoms. The number of carbonyl (C=O) groups is 1. The molecule has 2 bridgehead atoms. The Hall–Kier alpha value is -2.02. The molecule has 4 nitrogen and oxygen atoms in total. The maximum Gasteiger partial charge on any atom is 0.335 e. The van der Waals surface area contributed by atoms with E-state index in [1.165, 1.54) is 25.3 Å². The van der Waals surface area contributed by atoms with Crippen LogP contribution in [0.15, 0.2) is 18.2 Å². The molecule has 1 aliphatic carbocycles. The second-order valence-corrected chi connectivity index (χ2v) is 5.13. The molecule has 0 radical (unpaired) electrons. The molecule has 2 aliphatic rings. The number of rotatable bonds is 2. The summed E-state index contributed by atoms with van der Waals surface area (Å²) in [7, 11) is 0. The van der Waals surface area contributed by atoms with Gasteiger partial charge in [0, 0.05) is 12.6 Å². The van der Waals surface area contributed by atoms with Gasteiger partial charge in [0.05, 0.1) is 16.8 Å². The van der Waals surface area contributed by atoms with E-state index in [0.717, 1.165) is 18.2 Å². The first-order valence-corrected chi connectivity index (χ1v) is 6.23. The normalized spacial score (nSPS) is 25.2. The minimum atomic E-state index is -0.985. The summed E-state index contributed by atoms with van der Waals surface area (Å²) in [6.07, 6.45) is 3.69. The SMILES string of the molecule is N#Cc1cc(C(=O)O)ccc1N1CC2CCC1C2. The van der Waals surface area contributed by atoms with Crippen molar-refractivity contribution in [3.63, 3.8) is 0 Å². The molecular formula is C14H14N2O2. The van der Waals surface area contributed by atoms with E-state index in [-0.39, 0.29) is 5.56 Å². The highest BCUT2D eigenvalue weighted by Crippen LogP contribution is 2.41. The standard InChI is InChI=1S/C14H14N2O2/c15-7-11-6-10(14(17)18)2-4-13(11)16-8-9-1-3-12(16)5-9/h2,4,6,9,12H,1,3,5,8H2,(H,17,18). The lowest BCUT2D eigenvalue weighted by molar-refractivity contribution is 0.0697. The van der Waals surface area contributed by atoms with Crippen LogP contribution in [0, 0.1) is 17.2 Å². The van der Waals surface area contributed by atoms with Gasteiger partial charge in [0.1, 0.15) is 6.07 Å². The largest absolute Gasteiger partial charge is 0.478 e. The van der Waals surface area contributed by atoms with Crippen LogP contribution in [0.2, 0.25) is 0 Å². The zero-order valence-electron chi connectivity index (χ0n) is 9.97. The molecule has 2 fully saturated rings. The van der Waals surface area contributed by atoms with E-state index >= 15 is 0 Å². The molecule has 4 heteroatoms. The Balaban J connectivity index is 1.97. The fourth-order valence-electron chi connectivity index (χ4n) is 3.23. The number of hydrogen-bond donors (Lipinski definition) is 1. The molecule has 1 heterocycles. The van der Waals surface area contributed by atoms with Crippen LogP contribution in [0.3, 0.4) is 0 Å². The molecule has 0 aromatic heterocycles. The maximum atomic E-state index is 10.9. The van der Waals surface area contributed by atoms with Crippen molar-refractivity contribution in [2.75, 3.05) is 11.4 Å². The number of nitriles is 1. The van der Waals surface area contributed by atoms with Crippen molar-refractivity contribution in [2.24, 2.45) is 5.92 Å². The molecule has 2 unspecified atom stereocenters.